The Balaban J connectivity index is 2.07. The second kappa shape index (κ2) is 3.75. The molecule has 0 saturated heterocycles. The molecule has 2 rings (SSSR count). The van der Waals surface area contributed by atoms with Gasteiger partial charge in [-0.25, -0.2) is 4.99 Å². The fourth-order valence-electron chi connectivity index (χ4n) is 1.21. The van der Waals surface area contributed by atoms with Crippen molar-refractivity contribution in [2.45, 2.75) is 6.42 Å². The summed E-state index contributed by atoms with van der Waals surface area (Å²) in [7, 11) is 0. The Kier molecular flexibility index (Phi) is 2.45. The molecule has 0 fully saturated rings. The first-order chi connectivity index (χ1) is 6.34. The molecule has 1 heterocycles. The predicted molar refractivity (Wildman–Crippen MR) is 55.0 cm³/mol. The average Bonchev–Trinajstić information content (AvgIpc) is 2.53. The van der Waals surface area contributed by atoms with Gasteiger partial charge in [0.1, 0.15) is 0 Å². The van der Waals surface area contributed by atoms with E-state index < -0.39 is 0 Å². The highest BCUT2D eigenvalue weighted by Gasteiger charge is 2.14. The van der Waals surface area contributed by atoms with E-state index in [-0.39, 0.29) is 5.91 Å². The molecule has 0 atom stereocenters. The molecule has 2 nitrogen and oxygen atoms in total. The van der Waals surface area contributed by atoms with Crippen molar-refractivity contribution in [3.8, 4) is 0 Å². The maximum atomic E-state index is 10.8. The Morgan fingerprint density at radius 2 is 2.08 bits per heavy atom. The fourth-order valence-corrected chi connectivity index (χ4v) is 2.00. The van der Waals surface area contributed by atoms with Crippen molar-refractivity contribution in [3.05, 3.63) is 35.9 Å². The molecular weight excluding hydrogens is 182 g/mol. The first kappa shape index (κ1) is 8.51. The zero-order chi connectivity index (χ0) is 9.10. The van der Waals surface area contributed by atoms with Gasteiger partial charge in [0.2, 0.25) is 0 Å². The minimum Gasteiger partial charge on any atom is -0.272 e. The summed E-state index contributed by atoms with van der Waals surface area (Å²) < 4.78 is 0. The Bertz CT molecular complexity index is 345. The molecule has 13 heavy (non-hydrogen) atoms. The highest BCUT2D eigenvalue weighted by Crippen LogP contribution is 2.16. The van der Waals surface area contributed by atoms with Crippen LogP contribution in [-0.2, 0) is 11.2 Å². The summed E-state index contributed by atoms with van der Waals surface area (Å²) in [5.41, 5.74) is 1.21. The highest BCUT2D eigenvalue weighted by molar-refractivity contribution is 8.15. The molecule has 1 aromatic carbocycles. The number of aliphatic imine (C=N–C) groups is 1. The van der Waals surface area contributed by atoms with Crippen LogP contribution in [0.5, 0.6) is 0 Å². The van der Waals surface area contributed by atoms with Gasteiger partial charge >= 0.3 is 0 Å². The molecule has 3 heteroatoms. The van der Waals surface area contributed by atoms with E-state index in [4.69, 9.17) is 0 Å². The van der Waals surface area contributed by atoms with E-state index in [1.165, 1.54) is 5.56 Å². The highest BCUT2D eigenvalue weighted by atomic mass is 32.2. The van der Waals surface area contributed by atoms with Crippen LogP contribution in [0.2, 0.25) is 0 Å². The van der Waals surface area contributed by atoms with Gasteiger partial charge in [0.05, 0.1) is 10.8 Å². The fraction of sp³-hybridized carbons (Fsp3) is 0.200. The van der Waals surface area contributed by atoms with E-state index in [1.54, 1.807) is 11.8 Å². The first-order valence-corrected chi connectivity index (χ1v) is 5.10. The number of carbonyl (C=O) groups is 1. The van der Waals surface area contributed by atoms with Gasteiger partial charge < -0.3 is 0 Å². The van der Waals surface area contributed by atoms with Crippen molar-refractivity contribution in [2.75, 3.05) is 5.75 Å². The number of rotatable bonds is 2. The van der Waals surface area contributed by atoms with E-state index in [0.717, 1.165) is 11.5 Å². The van der Waals surface area contributed by atoms with E-state index in [1.807, 2.05) is 30.3 Å². The summed E-state index contributed by atoms with van der Waals surface area (Å²) in [6.45, 7) is 0. The molecular formula is C10H9NOS. The molecule has 1 aliphatic rings. The Morgan fingerprint density at radius 3 is 2.69 bits per heavy atom. The second-order valence-electron chi connectivity index (χ2n) is 2.85. The van der Waals surface area contributed by atoms with Gasteiger partial charge in [0, 0.05) is 6.42 Å². The minimum absolute atomic E-state index is 0.00377. The van der Waals surface area contributed by atoms with Crippen LogP contribution in [0.25, 0.3) is 0 Å². The van der Waals surface area contributed by atoms with Crippen LogP contribution in [0, 0.1) is 0 Å². The summed E-state index contributed by atoms with van der Waals surface area (Å²) in [6, 6.07) is 10.1. The van der Waals surface area contributed by atoms with Gasteiger partial charge in [-0.1, -0.05) is 30.3 Å². The summed E-state index contributed by atoms with van der Waals surface area (Å²) in [5.74, 6) is 0.512. The number of benzene rings is 1. The number of nitrogens with zero attached hydrogens (tertiary/aromatic N) is 1. The molecule has 1 aromatic rings. The summed E-state index contributed by atoms with van der Waals surface area (Å²) in [6.07, 6.45) is 0.789. The number of hydrogen-bond acceptors (Lipinski definition) is 2. The van der Waals surface area contributed by atoms with Crippen molar-refractivity contribution in [1.29, 1.82) is 0 Å². The predicted octanol–water partition coefficient (Wildman–Crippen LogP) is 1.90. The van der Waals surface area contributed by atoms with Gasteiger partial charge in [-0.15, -0.1) is 11.8 Å². The van der Waals surface area contributed by atoms with Gasteiger partial charge in [-0.3, -0.25) is 4.79 Å². The Hall–Kier alpha value is -1.09. The third kappa shape index (κ3) is 2.18. The number of amides is 1. The Morgan fingerprint density at radius 1 is 1.31 bits per heavy atom. The molecule has 0 aliphatic carbocycles. The van der Waals surface area contributed by atoms with Crippen LogP contribution in [0.15, 0.2) is 35.3 Å². The SMILES string of the molecule is O=C1CSC(Cc2ccccc2)=N1. The molecule has 1 aliphatic heterocycles. The maximum absolute atomic E-state index is 10.8. The molecule has 1 amide bonds. The smallest absolute Gasteiger partial charge is 0.256 e. The van der Waals surface area contributed by atoms with E-state index in [9.17, 15) is 4.79 Å². The van der Waals surface area contributed by atoms with Crippen molar-refractivity contribution >= 4 is 22.7 Å². The van der Waals surface area contributed by atoms with Gasteiger partial charge in [0.15, 0.2) is 0 Å². The largest absolute Gasteiger partial charge is 0.272 e. The van der Waals surface area contributed by atoms with Crippen LogP contribution in [-0.4, -0.2) is 16.7 Å². The second-order valence-corrected chi connectivity index (χ2v) is 3.90. The van der Waals surface area contributed by atoms with Crippen LogP contribution in [0.1, 0.15) is 5.56 Å². The third-order valence-corrected chi connectivity index (χ3v) is 2.77. The van der Waals surface area contributed by atoms with E-state index in [2.05, 4.69) is 4.99 Å². The molecule has 0 radical (unpaired) electrons. The molecule has 0 N–H and O–H groups in total. The zero-order valence-corrected chi connectivity index (χ0v) is 7.88. The monoisotopic (exact) mass is 191 g/mol. The molecule has 66 valence electrons. The lowest BCUT2D eigenvalue weighted by Crippen LogP contribution is -1.94. The van der Waals surface area contributed by atoms with E-state index >= 15 is 0 Å². The number of thioether (sulfide) groups is 1. The zero-order valence-electron chi connectivity index (χ0n) is 7.06. The number of carbonyl (C=O) groups excluding carboxylic acids is 1. The first-order valence-electron chi connectivity index (χ1n) is 4.12. The lowest BCUT2D eigenvalue weighted by molar-refractivity contribution is -0.115. The molecule has 0 unspecified atom stereocenters. The molecule has 0 saturated carbocycles. The number of hydrogen-bond donors (Lipinski definition) is 0. The standard InChI is InChI=1S/C10H9NOS/c12-9-7-13-10(11-9)6-8-4-2-1-3-5-8/h1-5H,6-7H2. The lowest BCUT2D eigenvalue weighted by atomic mass is 10.2. The average molecular weight is 191 g/mol. The van der Waals surface area contributed by atoms with Gasteiger partial charge in [-0.05, 0) is 5.56 Å². The molecule has 0 bridgehead atoms. The van der Waals surface area contributed by atoms with Crippen LogP contribution >= 0.6 is 11.8 Å². The minimum atomic E-state index is -0.00377. The van der Waals surface area contributed by atoms with Crippen LogP contribution in [0.4, 0.5) is 0 Å². The quantitative estimate of drug-likeness (QED) is 0.714. The summed E-state index contributed by atoms with van der Waals surface area (Å²) in [5, 5.41) is 0.941. The third-order valence-electron chi connectivity index (χ3n) is 1.81. The summed E-state index contributed by atoms with van der Waals surface area (Å²) >= 11 is 1.55. The maximum Gasteiger partial charge on any atom is 0.256 e. The van der Waals surface area contributed by atoms with Crippen molar-refractivity contribution < 1.29 is 4.79 Å². The summed E-state index contributed by atoms with van der Waals surface area (Å²) in [4.78, 5) is 14.8. The lowest BCUT2D eigenvalue weighted by Gasteiger charge is -1.97. The molecule has 0 aromatic heterocycles. The van der Waals surface area contributed by atoms with Crippen LogP contribution < -0.4 is 0 Å². The molecule has 0 spiro atoms. The van der Waals surface area contributed by atoms with Gasteiger partial charge in [-0.2, -0.15) is 0 Å². The van der Waals surface area contributed by atoms with Crippen molar-refractivity contribution in [2.24, 2.45) is 4.99 Å². The van der Waals surface area contributed by atoms with E-state index in [0.29, 0.717) is 5.75 Å². The normalized spacial score (nSPS) is 16.0. The Labute approximate surface area is 81.1 Å². The van der Waals surface area contributed by atoms with Crippen molar-refractivity contribution in [1.82, 2.24) is 0 Å². The van der Waals surface area contributed by atoms with Crippen molar-refractivity contribution in [3.63, 3.8) is 0 Å². The van der Waals surface area contributed by atoms with Gasteiger partial charge in [0.25, 0.3) is 5.91 Å². The topological polar surface area (TPSA) is 29.4 Å². The van der Waals surface area contributed by atoms with Crippen LogP contribution in [0.3, 0.4) is 0 Å².